The van der Waals surface area contributed by atoms with Gasteiger partial charge in [-0.2, -0.15) is 11.8 Å². The van der Waals surface area contributed by atoms with E-state index in [2.05, 4.69) is 6.92 Å². The maximum absolute atomic E-state index is 11.6. The van der Waals surface area contributed by atoms with Crippen LogP contribution in [0.3, 0.4) is 0 Å². The third kappa shape index (κ3) is 5.09. The van der Waals surface area contributed by atoms with Crippen LogP contribution in [0.25, 0.3) is 6.08 Å². The zero-order valence-electron chi connectivity index (χ0n) is 10.3. The lowest BCUT2D eigenvalue weighted by molar-refractivity contribution is -0.135. The number of ether oxygens (including phenoxy) is 1. The first-order valence-corrected chi connectivity index (χ1v) is 6.85. The van der Waals surface area contributed by atoms with Gasteiger partial charge in [0.15, 0.2) is 0 Å². The summed E-state index contributed by atoms with van der Waals surface area (Å²) in [6.45, 7) is 2.13. The standard InChI is InChI=1S/C14H18O2S/c1-3-9-17-11-13(14(15)16-2)10-12-7-5-4-6-8-12/h4-8,10H,3,9,11H2,1-2H3/b13-10+. The molecule has 1 aromatic rings. The molecule has 0 aliphatic rings. The summed E-state index contributed by atoms with van der Waals surface area (Å²) in [6, 6.07) is 9.83. The number of carbonyl (C=O) groups is 1. The Morgan fingerprint density at radius 3 is 2.65 bits per heavy atom. The molecule has 0 fully saturated rings. The molecule has 0 aliphatic carbocycles. The zero-order chi connectivity index (χ0) is 12.5. The summed E-state index contributed by atoms with van der Waals surface area (Å²) in [5, 5.41) is 0. The van der Waals surface area contributed by atoms with E-state index in [0.717, 1.165) is 23.3 Å². The fourth-order valence-electron chi connectivity index (χ4n) is 1.37. The summed E-state index contributed by atoms with van der Waals surface area (Å²) >= 11 is 1.76. The van der Waals surface area contributed by atoms with E-state index in [9.17, 15) is 4.79 Å². The maximum Gasteiger partial charge on any atom is 0.334 e. The third-order valence-corrected chi connectivity index (χ3v) is 3.41. The summed E-state index contributed by atoms with van der Waals surface area (Å²) in [5.74, 6) is 1.52. The van der Waals surface area contributed by atoms with Crippen molar-refractivity contribution < 1.29 is 9.53 Å². The van der Waals surface area contributed by atoms with E-state index in [1.807, 2.05) is 36.4 Å². The van der Waals surface area contributed by atoms with Crippen LogP contribution < -0.4 is 0 Å². The number of esters is 1. The highest BCUT2D eigenvalue weighted by Crippen LogP contribution is 2.14. The van der Waals surface area contributed by atoms with Gasteiger partial charge in [0.2, 0.25) is 0 Å². The molecule has 3 heteroatoms. The van der Waals surface area contributed by atoms with E-state index in [-0.39, 0.29) is 5.97 Å². The van der Waals surface area contributed by atoms with E-state index in [1.165, 1.54) is 7.11 Å². The van der Waals surface area contributed by atoms with Gasteiger partial charge in [-0.25, -0.2) is 4.79 Å². The second kappa shape index (κ2) is 7.96. The highest BCUT2D eigenvalue weighted by Gasteiger charge is 2.09. The molecule has 0 spiro atoms. The maximum atomic E-state index is 11.6. The van der Waals surface area contributed by atoms with Crippen LogP contribution in [0.1, 0.15) is 18.9 Å². The molecule has 17 heavy (non-hydrogen) atoms. The molecule has 1 rings (SSSR count). The highest BCUT2D eigenvalue weighted by atomic mass is 32.2. The Bertz CT molecular complexity index is 371. The van der Waals surface area contributed by atoms with Gasteiger partial charge in [0, 0.05) is 11.3 Å². The zero-order valence-corrected chi connectivity index (χ0v) is 11.1. The van der Waals surface area contributed by atoms with Gasteiger partial charge in [-0.05, 0) is 23.8 Å². The van der Waals surface area contributed by atoms with E-state index < -0.39 is 0 Å². The van der Waals surface area contributed by atoms with Crippen LogP contribution in [-0.2, 0) is 9.53 Å². The lowest BCUT2D eigenvalue weighted by Gasteiger charge is -2.05. The molecule has 0 heterocycles. The molecular weight excluding hydrogens is 232 g/mol. The van der Waals surface area contributed by atoms with Crippen LogP contribution in [0.4, 0.5) is 0 Å². The topological polar surface area (TPSA) is 26.3 Å². The van der Waals surface area contributed by atoms with Crippen molar-refractivity contribution in [2.45, 2.75) is 13.3 Å². The number of thioether (sulfide) groups is 1. The predicted molar refractivity (Wildman–Crippen MR) is 74.1 cm³/mol. The second-order valence-corrected chi connectivity index (χ2v) is 4.73. The van der Waals surface area contributed by atoms with Gasteiger partial charge >= 0.3 is 5.97 Å². The minimum Gasteiger partial charge on any atom is -0.466 e. The predicted octanol–water partition coefficient (Wildman–Crippen LogP) is 3.39. The van der Waals surface area contributed by atoms with Gasteiger partial charge in [0.25, 0.3) is 0 Å². The number of carbonyl (C=O) groups excluding carboxylic acids is 1. The Hall–Kier alpha value is -1.22. The molecule has 0 aliphatic heterocycles. The molecule has 0 radical (unpaired) electrons. The van der Waals surface area contributed by atoms with Gasteiger partial charge in [-0.3, -0.25) is 0 Å². The van der Waals surface area contributed by atoms with Gasteiger partial charge in [-0.15, -0.1) is 0 Å². The molecule has 1 aromatic carbocycles. The number of hydrogen-bond donors (Lipinski definition) is 0. The summed E-state index contributed by atoms with van der Waals surface area (Å²) in [7, 11) is 1.42. The van der Waals surface area contributed by atoms with Crippen molar-refractivity contribution in [3.05, 3.63) is 41.5 Å². The molecular formula is C14H18O2S. The van der Waals surface area contributed by atoms with Crippen LogP contribution in [0, 0.1) is 0 Å². The lowest BCUT2D eigenvalue weighted by Crippen LogP contribution is -2.07. The molecule has 0 unspecified atom stereocenters. The normalized spacial score (nSPS) is 11.3. The molecule has 92 valence electrons. The van der Waals surface area contributed by atoms with Crippen LogP contribution in [0.5, 0.6) is 0 Å². The molecule has 0 atom stereocenters. The van der Waals surface area contributed by atoms with E-state index in [0.29, 0.717) is 5.75 Å². The fourth-order valence-corrected chi connectivity index (χ4v) is 2.22. The Morgan fingerprint density at radius 1 is 1.35 bits per heavy atom. The summed E-state index contributed by atoms with van der Waals surface area (Å²) in [6.07, 6.45) is 3.01. The summed E-state index contributed by atoms with van der Waals surface area (Å²) < 4.78 is 4.79. The van der Waals surface area contributed by atoms with Crippen LogP contribution >= 0.6 is 11.8 Å². The fraction of sp³-hybridized carbons (Fsp3) is 0.357. The van der Waals surface area contributed by atoms with Crippen molar-refractivity contribution in [3.8, 4) is 0 Å². The van der Waals surface area contributed by atoms with Crippen LogP contribution in [-0.4, -0.2) is 24.6 Å². The molecule has 0 saturated heterocycles. The Labute approximate surface area is 107 Å². The van der Waals surface area contributed by atoms with Gasteiger partial charge in [0.1, 0.15) is 0 Å². The van der Waals surface area contributed by atoms with Crippen molar-refractivity contribution in [2.75, 3.05) is 18.6 Å². The molecule has 2 nitrogen and oxygen atoms in total. The van der Waals surface area contributed by atoms with E-state index >= 15 is 0 Å². The Kier molecular flexibility index (Phi) is 6.48. The van der Waals surface area contributed by atoms with E-state index in [4.69, 9.17) is 4.74 Å². The monoisotopic (exact) mass is 250 g/mol. The first-order chi connectivity index (χ1) is 8.27. The minimum atomic E-state index is -0.238. The Balaban J connectivity index is 2.75. The number of methoxy groups -OCH3 is 1. The third-order valence-electron chi connectivity index (χ3n) is 2.19. The van der Waals surface area contributed by atoms with Crippen molar-refractivity contribution in [1.29, 1.82) is 0 Å². The smallest absolute Gasteiger partial charge is 0.334 e. The first-order valence-electron chi connectivity index (χ1n) is 5.69. The average molecular weight is 250 g/mol. The molecule has 0 bridgehead atoms. The molecule has 0 saturated carbocycles. The quantitative estimate of drug-likeness (QED) is 0.440. The van der Waals surface area contributed by atoms with Crippen molar-refractivity contribution in [3.63, 3.8) is 0 Å². The van der Waals surface area contributed by atoms with Crippen molar-refractivity contribution in [2.24, 2.45) is 0 Å². The molecule has 0 amide bonds. The van der Waals surface area contributed by atoms with Crippen molar-refractivity contribution in [1.82, 2.24) is 0 Å². The average Bonchev–Trinajstić information content (AvgIpc) is 2.38. The molecule has 0 N–H and O–H groups in total. The highest BCUT2D eigenvalue weighted by molar-refractivity contribution is 7.99. The summed E-state index contributed by atoms with van der Waals surface area (Å²) in [5.41, 5.74) is 1.75. The molecule has 0 aromatic heterocycles. The number of rotatable bonds is 6. The summed E-state index contributed by atoms with van der Waals surface area (Å²) in [4.78, 5) is 11.6. The lowest BCUT2D eigenvalue weighted by atomic mass is 10.1. The Morgan fingerprint density at radius 2 is 2.06 bits per heavy atom. The van der Waals surface area contributed by atoms with Gasteiger partial charge in [0.05, 0.1) is 7.11 Å². The second-order valence-electron chi connectivity index (χ2n) is 3.62. The SMILES string of the molecule is CCCSC/C(=C\c1ccccc1)C(=O)OC. The minimum absolute atomic E-state index is 0.238. The van der Waals surface area contributed by atoms with Gasteiger partial charge < -0.3 is 4.74 Å². The van der Waals surface area contributed by atoms with E-state index in [1.54, 1.807) is 11.8 Å². The van der Waals surface area contributed by atoms with Crippen LogP contribution in [0.15, 0.2) is 35.9 Å². The van der Waals surface area contributed by atoms with Crippen molar-refractivity contribution >= 4 is 23.8 Å². The first kappa shape index (κ1) is 13.8. The number of hydrogen-bond acceptors (Lipinski definition) is 3. The number of benzene rings is 1. The van der Waals surface area contributed by atoms with Crippen LogP contribution in [0.2, 0.25) is 0 Å². The largest absolute Gasteiger partial charge is 0.466 e. The van der Waals surface area contributed by atoms with Gasteiger partial charge in [-0.1, -0.05) is 37.3 Å².